The van der Waals surface area contributed by atoms with Gasteiger partial charge in [0.2, 0.25) is 0 Å². The Balaban J connectivity index is -0.0000000800. The van der Waals surface area contributed by atoms with E-state index in [9.17, 15) is 0 Å². The van der Waals surface area contributed by atoms with Crippen LogP contribution in [0.25, 0.3) is 0 Å². The van der Waals surface area contributed by atoms with Crippen LogP contribution in [0.4, 0.5) is 0 Å². The van der Waals surface area contributed by atoms with Gasteiger partial charge in [-0.25, -0.2) is 0 Å². The van der Waals surface area contributed by atoms with Crippen LogP contribution in [0.2, 0.25) is 0 Å². The molecule has 0 atom stereocenters. The molecule has 0 aliphatic heterocycles. The van der Waals surface area contributed by atoms with E-state index < -0.39 is 10.4 Å². The molecule has 0 aliphatic carbocycles. The first-order chi connectivity index (χ1) is 2.00. The summed E-state index contributed by atoms with van der Waals surface area (Å²) in [5, 5.41) is 0. The van der Waals surface area contributed by atoms with Crippen molar-refractivity contribution in [3.8, 4) is 0 Å². The molecule has 0 saturated carbocycles. The van der Waals surface area contributed by atoms with E-state index in [0.717, 1.165) is 0 Å². The number of hydrogen-bond donors (Lipinski definition) is 2. The van der Waals surface area contributed by atoms with Gasteiger partial charge in [0.1, 0.15) is 0 Å². The second kappa shape index (κ2) is 3.17. The molecule has 0 bridgehead atoms. The second-order valence-corrected chi connectivity index (χ2v) is 1.34. The Labute approximate surface area is 66.6 Å². The van der Waals surface area contributed by atoms with Crippen molar-refractivity contribution < 1.29 is 18.9 Å². The minimum Gasteiger partial charge on any atom is 0 e. The van der Waals surface area contributed by atoms with Gasteiger partial charge in [-0.3, -0.25) is 9.11 Å². The van der Waals surface area contributed by atoms with Gasteiger partial charge in [0.05, 0.1) is 0 Å². The predicted molar refractivity (Wildman–Crippen MR) is 24.8 cm³/mol. The molecule has 0 aromatic heterocycles. The minimum atomic E-state index is -4.67. The van der Waals surface area contributed by atoms with E-state index >= 15 is 0 Å². The fourth-order valence-electron chi connectivity index (χ4n) is 0. The van der Waals surface area contributed by atoms with Crippen LogP contribution >= 0.6 is 0 Å². The number of rotatable bonds is 0. The van der Waals surface area contributed by atoms with E-state index in [1.54, 1.807) is 0 Å². The molecule has 0 unspecified atom stereocenters. The molecule has 0 saturated heterocycles. The van der Waals surface area contributed by atoms with Crippen molar-refractivity contribution in [3.63, 3.8) is 0 Å². The first kappa shape index (κ1) is 10.2. The molecular weight excluding hydrogens is 136 g/mol. The summed E-state index contributed by atoms with van der Waals surface area (Å²) in [5.74, 6) is 0. The second-order valence-electron chi connectivity index (χ2n) is 0.448. The summed E-state index contributed by atoms with van der Waals surface area (Å²) in [4.78, 5) is 0. The molecule has 0 radical (unpaired) electrons. The normalized spacial score (nSPS) is 9.67. The molecule has 6 heteroatoms. The van der Waals surface area contributed by atoms with Crippen LogP contribution in [-0.2, 0) is 10.4 Å². The summed E-state index contributed by atoms with van der Waals surface area (Å²) >= 11 is 0. The standard InChI is InChI=1S/Ca.H2O4S.H2.2H/c;1-5(2,3)4;;;/h;(H2,1,2,3,4);1H;;. The molecule has 4 nitrogen and oxygen atoms in total. The Hall–Kier alpha value is 1.13. The van der Waals surface area contributed by atoms with E-state index in [2.05, 4.69) is 0 Å². The predicted octanol–water partition coefficient (Wildman–Crippen LogP) is -1.32. The van der Waals surface area contributed by atoms with Crippen LogP contribution in [0, 0.1) is 0 Å². The maximum absolute atomic E-state index is 8.74. The molecule has 0 fully saturated rings. The summed E-state index contributed by atoms with van der Waals surface area (Å²) < 4.78 is 31.6. The summed E-state index contributed by atoms with van der Waals surface area (Å²) in [5.41, 5.74) is 0. The third kappa shape index (κ3) is 68.5. The van der Waals surface area contributed by atoms with Gasteiger partial charge in [-0.15, -0.1) is 0 Å². The maximum Gasteiger partial charge on any atom is 0 e. The largest absolute Gasteiger partial charge is 0 e. The van der Waals surface area contributed by atoms with E-state index in [0.29, 0.717) is 0 Å². The molecule has 6 heavy (non-hydrogen) atoms. The molecule has 0 rings (SSSR count). The zero-order valence-electron chi connectivity index (χ0n) is 2.12. The number of hydrogen-bond acceptors (Lipinski definition) is 2. The average molecular weight is 142 g/mol. The fraction of sp³-hybridized carbons (Fsp3) is 0. The molecular formula is H6CaO4S. The van der Waals surface area contributed by atoms with Crippen molar-refractivity contribution in [2.24, 2.45) is 0 Å². The Kier molecular flexibility index (Phi) is 5.38. The van der Waals surface area contributed by atoms with Crippen LogP contribution in [-0.4, -0.2) is 55.3 Å². The third-order valence-electron chi connectivity index (χ3n) is 0. The monoisotopic (exact) mass is 142 g/mol. The van der Waals surface area contributed by atoms with Crippen molar-refractivity contribution in [2.75, 3.05) is 0 Å². The van der Waals surface area contributed by atoms with E-state index in [-0.39, 0.29) is 39.2 Å². The summed E-state index contributed by atoms with van der Waals surface area (Å²) in [6, 6.07) is 0. The van der Waals surface area contributed by atoms with Crippen molar-refractivity contribution in [1.29, 1.82) is 0 Å². The van der Waals surface area contributed by atoms with Crippen LogP contribution in [0.15, 0.2) is 0 Å². The van der Waals surface area contributed by atoms with Crippen LogP contribution in [0.1, 0.15) is 1.43 Å². The van der Waals surface area contributed by atoms with Gasteiger partial charge in [0, 0.05) is 1.43 Å². The molecule has 38 valence electrons. The molecule has 0 spiro atoms. The first-order valence-corrected chi connectivity index (χ1v) is 2.10. The SMILES string of the molecule is O=S(=O)(O)O.[CaH2].[HH]. The smallest absolute Gasteiger partial charge is 0 e. The summed E-state index contributed by atoms with van der Waals surface area (Å²) in [6.07, 6.45) is 0. The molecule has 2 N–H and O–H groups in total. The topological polar surface area (TPSA) is 74.6 Å². The Bertz CT molecular complexity index is 94.9. The molecule has 0 aromatic carbocycles. The summed E-state index contributed by atoms with van der Waals surface area (Å²) in [7, 11) is -4.67. The fourth-order valence-corrected chi connectivity index (χ4v) is 0. The van der Waals surface area contributed by atoms with Gasteiger partial charge in [-0.1, -0.05) is 0 Å². The summed E-state index contributed by atoms with van der Waals surface area (Å²) in [6.45, 7) is 0. The van der Waals surface area contributed by atoms with E-state index in [4.69, 9.17) is 17.5 Å². The van der Waals surface area contributed by atoms with Crippen LogP contribution < -0.4 is 0 Å². The van der Waals surface area contributed by atoms with Gasteiger partial charge in [0.15, 0.2) is 0 Å². The van der Waals surface area contributed by atoms with Gasteiger partial charge >= 0.3 is 48.1 Å². The molecule has 0 aliphatic rings. The van der Waals surface area contributed by atoms with Gasteiger partial charge < -0.3 is 0 Å². The van der Waals surface area contributed by atoms with E-state index in [1.807, 2.05) is 0 Å². The first-order valence-electron chi connectivity index (χ1n) is 0.698. The average Bonchev–Trinajstić information content (AvgIpc) is 0.722. The Morgan fingerprint density at radius 1 is 1.33 bits per heavy atom. The Morgan fingerprint density at radius 3 is 1.33 bits per heavy atom. The van der Waals surface area contributed by atoms with Crippen LogP contribution in [0.3, 0.4) is 0 Å². The van der Waals surface area contributed by atoms with Crippen molar-refractivity contribution in [3.05, 3.63) is 0 Å². The van der Waals surface area contributed by atoms with Gasteiger partial charge in [-0.2, -0.15) is 8.42 Å². The zero-order valence-corrected chi connectivity index (χ0v) is 2.94. The van der Waals surface area contributed by atoms with Crippen molar-refractivity contribution >= 4 is 48.1 Å². The Morgan fingerprint density at radius 2 is 1.33 bits per heavy atom. The molecule has 0 heterocycles. The van der Waals surface area contributed by atoms with Gasteiger partial charge in [0.25, 0.3) is 0 Å². The van der Waals surface area contributed by atoms with E-state index in [1.165, 1.54) is 0 Å². The van der Waals surface area contributed by atoms with Gasteiger partial charge in [-0.05, 0) is 0 Å². The van der Waals surface area contributed by atoms with Crippen molar-refractivity contribution in [1.82, 2.24) is 0 Å². The van der Waals surface area contributed by atoms with Crippen LogP contribution in [0.5, 0.6) is 0 Å². The quantitative estimate of drug-likeness (QED) is 0.325. The molecule has 0 amide bonds. The maximum atomic E-state index is 8.74. The van der Waals surface area contributed by atoms with Crippen molar-refractivity contribution in [2.45, 2.75) is 0 Å². The minimum absolute atomic E-state index is 0. The molecule has 0 aromatic rings. The third-order valence-corrected chi connectivity index (χ3v) is 0. The zero-order chi connectivity index (χ0) is 4.50.